The van der Waals surface area contributed by atoms with Gasteiger partial charge in [-0.25, -0.2) is 0 Å². The Balaban J connectivity index is 2.40. The minimum Gasteiger partial charge on any atom is -0.162 e. The monoisotopic (exact) mass is 118 g/mol. The lowest BCUT2D eigenvalue weighted by Crippen LogP contribution is -2.08. The molecule has 1 atom stereocenters. The van der Waals surface area contributed by atoms with Crippen molar-refractivity contribution >= 4 is 11.9 Å². The molecule has 2 nitrogen and oxygen atoms in total. The number of fused-ring (bicyclic) bond motifs is 1. The van der Waals surface area contributed by atoms with Crippen molar-refractivity contribution in [2.75, 3.05) is 0 Å². The van der Waals surface area contributed by atoms with Crippen LogP contribution in [0.1, 0.15) is 0 Å². The summed E-state index contributed by atoms with van der Waals surface area (Å²) in [7, 11) is 0. The van der Waals surface area contributed by atoms with Gasteiger partial charge in [0.05, 0.1) is 11.6 Å². The largest absolute Gasteiger partial charge is 0.162 e. The minimum absolute atomic E-state index is 0.356. The van der Waals surface area contributed by atoms with Gasteiger partial charge in [-0.05, 0) is 6.08 Å². The molecule has 0 bridgehead atoms. The number of allylic oxidation sites excluding steroid dienone is 4. The van der Waals surface area contributed by atoms with Crippen LogP contribution in [0.15, 0.2) is 34.5 Å². The smallest absolute Gasteiger partial charge is 0.0753 e. The Kier molecular flexibility index (Phi) is 0.859. The molecule has 1 aliphatic heterocycles. The minimum atomic E-state index is 0.356. The lowest BCUT2D eigenvalue weighted by molar-refractivity contribution is 1.26. The highest BCUT2D eigenvalue weighted by Crippen LogP contribution is 2.11. The van der Waals surface area contributed by atoms with Crippen molar-refractivity contribution in [2.24, 2.45) is 16.1 Å². The van der Waals surface area contributed by atoms with Crippen molar-refractivity contribution in [1.29, 1.82) is 0 Å². The molecule has 0 amide bonds. The second-order valence-corrected chi connectivity index (χ2v) is 2.06. The normalized spacial score (nSPS) is 28.4. The molecule has 0 N–H and O–H groups in total. The number of nitrogens with zero attached hydrogens (tertiary/aromatic N) is 2. The Hall–Kier alpha value is -1.18. The van der Waals surface area contributed by atoms with Crippen molar-refractivity contribution in [1.82, 2.24) is 0 Å². The summed E-state index contributed by atoms with van der Waals surface area (Å²) < 4.78 is 0. The zero-order valence-electron chi connectivity index (χ0n) is 4.86. The van der Waals surface area contributed by atoms with Crippen molar-refractivity contribution in [2.45, 2.75) is 0 Å². The van der Waals surface area contributed by atoms with Gasteiger partial charge < -0.3 is 0 Å². The average Bonchev–Trinajstić information content (AvgIpc) is 2.33. The molecule has 9 heavy (non-hydrogen) atoms. The summed E-state index contributed by atoms with van der Waals surface area (Å²) in [5.74, 6) is 0.356. The molecule has 2 aliphatic rings. The Bertz CT molecular complexity index is 233. The van der Waals surface area contributed by atoms with E-state index in [2.05, 4.69) is 16.3 Å². The third kappa shape index (κ3) is 0.633. The van der Waals surface area contributed by atoms with Gasteiger partial charge in [-0.1, -0.05) is 18.2 Å². The molecule has 1 heterocycles. The lowest BCUT2D eigenvalue weighted by atomic mass is 10.0. The molecule has 0 aromatic carbocycles. The summed E-state index contributed by atoms with van der Waals surface area (Å²) in [6.07, 6.45) is 9.90. The molecule has 1 aliphatic carbocycles. The third-order valence-electron chi connectivity index (χ3n) is 1.44. The van der Waals surface area contributed by atoms with Gasteiger partial charge in [-0.3, -0.25) is 0 Å². The summed E-state index contributed by atoms with van der Waals surface area (Å²) in [4.78, 5) is 0. The highest BCUT2D eigenvalue weighted by Gasteiger charge is 2.13. The van der Waals surface area contributed by atoms with Crippen LogP contribution in [0.5, 0.6) is 0 Å². The highest BCUT2D eigenvalue weighted by atomic mass is 15.2. The van der Waals surface area contributed by atoms with Crippen molar-refractivity contribution in [3.05, 3.63) is 24.3 Å². The maximum Gasteiger partial charge on any atom is 0.0753 e. The Labute approximate surface area is 53.3 Å². The van der Waals surface area contributed by atoms with Crippen LogP contribution in [-0.2, 0) is 0 Å². The number of rotatable bonds is 0. The van der Waals surface area contributed by atoms with E-state index in [4.69, 9.17) is 0 Å². The van der Waals surface area contributed by atoms with Crippen LogP contribution >= 0.6 is 0 Å². The second-order valence-electron chi connectivity index (χ2n) is 2.06. The molecule has 0 fully saturated rings. The topological polar surface area (TPSA) is 24.7 Å². The van der Waals surface area contributed by atoms with Gasteiger partial charge in [-0.15, -0.1) is 0 Å². The van der Waals surface area contributed by atoms with Crippen LogP contribution < -0.4 is 0 Å². The van der Waals surface area contributed by atoms with Crippen LogP contribution in [0.2, 0.25) is 0 Å². The van der Waals surface area contributed by atoms with E-state index >= 15 is 0 Å². The zero-order chi connectivity index (χ0) is 6.10. The van der Waals surface area contributed by atoms with E-state index in [9.17, 15) is 0 Å². The lowest BCUT2D eigenvalue weighted by Gasteiger charge is -2.01. The Morgan fingerprint density at radius 3 is 3.22 bits per heavy atom. The van der Waals surface area contributed by atoms with Crippen LogP contribution in [-0.4, -0.2) is 11.9 Å². The molecule has 44 valence electrons. The van der Waals surface area contributed by atoms with Gasteiger partial charge >= 0.3 is 0 Å². The summed E-state index contributed by atoms with van der Waals surface area (Å²) in [5.41, 5.74) is 1.05. The van der Waals surface area contributed by atoms with Crippen molar-refractivity contribution < 1.29 is 0 Å². The van der Waals surface area contributed by atoms with Gasteiger partial charge in [0.1, 0.15) is 0 Å². The van der Waals surface area contributed by atoms with E-state index in [0.29, 0.717) is 5.92 Å². The summed E-state index contributed by atoms with van der Waals surface area (Å²) in [6, 6.07) is 0. The van der Waals surface area contributed by atoms with Gasteiger partial charge in [-0.2, -0.15) is 10.2 Å². The van der Waals surface area contributed by atoms with Crippen LogP contribution in [0, 0.1) is 5.92 Å². The quantitative estimate of drug-likeness (QED) is 0.456. The molecule has 2 heteroatoms. The van der Waals surface area contributed by atoms with Crippen molar-refractivity contribution in [3.8, 4) is 0 Å². The van der Waals surface area contributed by atoms with Gasteiger partial charge in [0.25, 0.3) is 0 Å². The molecule has 0 aromatic heterocycles. The third-order valence-corrected chi connectivity index (χ3v) is 1.44. The van der Waals surface area contributed by atoms with Gasteiger partial charge in [0.2, 0.25) is 0 Å². The standard InChI is InChI=1S/C7H6N2/c1-2-4-7-6(3-1)5-8-9-7/h1-6H/t6-/m0/s1. The predicted octanol–water partition coefficient (Wildman–Crippen LogP) is 1.17. The molecular formula is C7H6N2. The first-order chi connectivity index (χ1) is 4.47. The van der Waals surface area contributed by atoms with Crippen molar-refractivity contribution in [3.63, 3.8) is 0 Å². The first kappa shape index (κ1) is 4.68. The van der Waals surface area contributed by atoms with E-state index in [1.54, 1.807) is 0 Å². The zero-order valence-corrected chi connectivity index (χ0v) is 4.86. The molecule has 0 saturated heterocycles. The maximum absolute atomic E-state index is 3.91. The highest BCUT2D eigenvalue weighted by molar-refractivity contribution is 6.10. The fourth-order valence-corrected chi connectivity index (χ4v) is 0.946. The molecule has 0 radical (unpaired) electrons. The average molecular weight is 118 g/mol. The summed E-state index contributed by atoms with van der Waals surface area (Å²) >= 11 is 0. The summed E-state index contributed by atoms with van der Waals surface area (Å²) in [5, 5.41) is 7.69. The van der Waals surface area contributed by atoms with Gasteiger partial charge in [0.15, 0.2) is 0 Å². The fourth-order valence-electron chi connectivity index (χ4n) is 0.946. The molecular weight excluding hydrogens is 112 g/mol. The molecule has 2 rings (SSSR count). The van der Waals surface area contributed by atoms with E-state index in [1.807, 2.05) is 24.4 Å². The molecule has 0 aromatic rings. The first-order valence-corrected chi connectivity index (χ1v) is 2.93. The van der Waals surface area contributed by atoms with Gasteiger partial charge in [0, 0.05) is 6.21 Å². The predicted molar refractivity (Wildman–Crippen MR) is 37.7 cm³/mol. The number of hydrogen-bond donors (Lipinski definition) is 0. The summed E-state index contributed by atoms with van der Waals surface area (Å²) in [6.45, 7) is 0. The first-order valence-electron chi connectivity index (χ1n) is 2.93. The van der Waals surface area contributed by atoms with E-state index in [0.717, 1.165) is 5.71 Å². The molecule has 0 spiro atoms. The van der Waals surface area contributed by atoms with E-state index in [-0.39, 0.29) is 0 Å². The fraction of sp³-hybridized carbons (Fsp3) is 0.143. The Morgan fingerprint density at radius 1 is 1.33 bits per heavy atom. The molecule has 0 saturated carbocycles. The maximum atomic E-state index is 3.91. The van der Waals surface area contributed by atoms with Crippen LogP contribution in [0.4, 0.5) is 0 Å². The molecule has 0 unspecified atom stereocenters. The van der Waals surface area contributed by atoms with E-state index in [1.165, 1.54) is 0 Å². The van der Waals surface area contributed by atoms with Crippen LogP contribution in [0.25, 0.3) is 0 Å². The number of hydrogen-bond acceptors (Lipinski definition) is 2. The SMILES string of the molecule is C1=CC2=NN=C[C@@H]2C=C1. The van der Waals surface area contributed by atoms with E-state index < -0.39 is 0 Å². The Morgan fingerprint density at radius 2 is 2.33 bits per heavy atom. The van der Waals surface area contributed by atoms with Crippen LogP contribution in [0.3, 0.4) is 0 Å². The second kappa shape index (κ2) is 1.65.